The van der Waals surface area contributed by atoms with Crippen LogP contribution >= 0.6 is 0 Å². The van der Waals surface area contributed by atoms with Gasteiger partial charge in [-0.2, -0.15) is 0 Å². The lowest BCUT2D eigenvalue weighted by molar-refractivity contribution is 0.0691. The average molecular weight is 247 g/mol. The number of aromatic nitrogens is 1. The van der Waals surface area contributed by atoms with Gasteiger partial charge in [0.2, 0.25) is 5.88 Å². The van der Waals surface area contributed by atoms with Crippen LogP contribution < -0.4 is 4.74 Å². The maximum absolute atomic E-state index is 11.2. The monoisotopic (exact) mass is 247 g/mol. The summed E-state index contributed by atoms with van der Waals surface area (Å²) in [5.74, 6) is -0.744. The maximum atomic E-state index is 11.2. The highest BCUT2D eigenvalue weighted by atomic mass is 16.5. The van der Waals surface area contributed by atoms with Crippen LogP contribution in [0.25, 0.3) is 0 Å². The number of carboxylic acids is 1. The van der Waals surface area contributed by atoms with Gasteiger partial charge >= 0.3 is 5.97 Å². The number of aromatic carboxylic acids is 1. The van der Waals surface area contributed by atoms with Crippen molar-refractivity contribution in [1.29, 1.82) is 0 Å². The molecule has 1 aromatic heterocycles. The summed E-state index contributed by atoms with van der Waals surface area (Å²) >= 11 is 0. The topological polar surface area (TPSA) is 59.4 Å². The smallest absolute Gasteiger partial charge is 0.341 e. The first kappa shape index (κ1) is 12.6. The first-order chi connectivity index (χ1) is 8.58. The Balaban J connectivity index is 2.21. The number of rotatable bonds is 5. The zero-order chi connectivity index (χ0) is 13.1. The Bertz CT molecular complexity index is 494. The van der Waals surface area contributed by atoms with E-state index in [0.717, 1.165) is 36.1 Å². The van der Waals surface area contributed by atoms with E-state index in [4.69, 9.17) is 9.84 Å². The second kappa shape index (κ2) is 5.21. The van der Waals surface area contributed by atoms with Gasteiger partial charge in [0.25, 0.3) is 0 Å². The molecule has 1 heterocycles. The number of hydrogen-bond donors (Lipinski definition) is 1. The van der Waals surface area contributed by atoms with Crippen LogP contribution in [0.2, 0.25) is 0 Å². The molecule has 1 N–H and O–H groups in total. The molecule has 18 heavy (non-hydrogen) atoms. The highest BCUT2D eigenvalue weighted by molar-refractivity contribution is 5.90. The Labute approximate surface area is 106 Å². The molecule has 0 aromatic carbocycles. The van der Waals surface area contributed by atoms with Crippen LogP contribution in [0.4, 0.5) is 0 Å². The molecule has 2 rings (SSSR count). The zero-order valence-electron chi connectivity index (χ0n) is 10.5. The van der Waals surface area contributed by atoms with Gasteiger partial charge in [0.1, 0.15) is 5.56 Å². The second-order valence-electron chi connectivity index (χ2n) is 4.66. The molecular formula is C14H17NO3. The molecule has 0 amide bonds. The first-order valence-corrected chi connectivity index (χ1v) is 6.11. The predicted octanol–water partition coefficient (Wildman–Crippen LogP) is 2.61. The van der Waals surface area contributed by atoms with E-state index < -0.39 is 5.97 Å². The molecule has 0 radical (unpaired) electrons. The number of pyridine rings is 1. The van der Waals surface area contributed by atoms with Crippen molar-refractivity contribution in [3.05, 3.63) is 35.0 Å². The van der Waals surface area contributed by atoms with Crippen molar-refractivity contribution in [1.82, 2.24) is 4.98 Å². The molecule has 0 saturated heterocycles. The van der Waals surface area contributed by atoms with Crippen LogP contribution in [0.15, 0.2) is 18.2 Å². The average Bonchev–Trinajstić information content (AvgIpc) is 2.74. The molecule has 0 spiro atoms. The van der Waals surface area contributed by atoms with E-state index in [1.807, 2.05) is 6.92 Å². The lowest BCUT2D eigenvalue weighted by atomic mass is 10.1. The van der Waals surface area contributed by atoms with E-state index in [1.54, 1.807) is 6.07 Å². The summed E-state index contributed by atoms with van der Waals surface area (Å²) in [6.07, 6.45) is 3.56. The summed E-state index contributed by atoms with van der Waals surface area (Å²) in [6, 6.07) is 1.70. The SMILES string of the molecule is C=C(C)CCOc1nc2c(cc1C(=O)O)CCC2. The quantitative estimate of drug-likeness (QED) is 0.812. The minimum absolute atomic E-state index is 0.164. The van der Waals surface area contributed by atoms with Gasteiger partial charge in [0.05, 0.1) is 6.61 Å². The molecule has 1 aromatic rings. The normalized spacial score (nSPS) is 13.2. The Morgan fingerprint density at radius 1 is 1.56 bits per heavy atom. The molecule has 0 bridgehead atoms. The van der Waals surface area contributed by atoms with Crippen LogP contribution in [0.5, 0.6) is 5.88 Å². The van der Waals surface area contributed by atoms with Gasteiger partial charge in [-0.1, -0.05) is 5.57 Å². The van der Waals surface area contributed by atoms with Gasteiger partial charge < -0.3 is 9.84 Å². The molecule has 96 valence electrons. The van der Waals surface area contributed by atoms with E-state index in [2.05, 4.69) is 11.6 Å². The number of hydrogen-bond acceptors (Lipinski definition) is 3. The maximum Gasteiger partial charge on any atom is 0.341 e. The number of nitrogens with zero attached hydrogens (tertiary/aromatic N) is 1. The molecule has 0 atom stereocenters. The van der Waals surface area contributed by atoms with Gasteiger partial charge in [0, 0.05) is 12.1 Å². The molecule has 0 saturated carbocycles. The Hall–Kier alpha value is -1.84. The van der Waals surface area contributed by atoms with Gasteiger partial charge in [-0.05, 0) is 37.8 Å². The van der Waals surface area contributed by atoms with Crippen molar-refractivity contribution in [2.75, 3.05) is 6.61 Å². The van der Waals surface area contributed by atoms with Crippen LogP contribution in [-0.4, -0.2) is 22.7 Å². The fourth-order valence-corrected chi connectivity index (χ4v) is 2.04. The van der Waals surface area contributed by atoms with Crippen LogP contribution in [0.3, 0.4) is 0 Å². The van der Waals surface area contributed by atoms with Crippen molar-refractivity contribution in [3.63, 3.8) is 0 Å². The second-order valence-corrected chi connectivity index (χ2v) is 4.66. The molecule has 4 nitrogen and oxygen atoms in total. The summed E-state index contributed by atoms with van der Waals surface area (Å²) in [7, 11) is 0. The molecule has 0 unspecified atom stereocenters. The minimum Gasteiger partial charge on any atom is -0.477 e. The number of carboxylic acid groups (broad SMARTS) is 1. The summed E-state index contributed by atoms with van der Waals surface area (Å²) in [6.45, 7) is 6.12. The zero-order valence-corrected chi connectivity index (χ0v) is 10.5. The molecule has 0 fully saturated rings. The van der Waals surface area contributed by atoms with Gasteiger partial charge in [-0.3, -0.25) is 0 Å². The number of aryl methyl sites for hydroxylation is 2. The van der Waals surface area contributed by atoms with E-state index in [-0.39, 0.29) is 11.4 Å². The molecule has 1 aliphatic rings. The summed E-state index contributed by atoms with van der Waals surface area (Å²) in [5, 5.41) is 9.17. The van der Waals surface area contributed by atoms with Crippen molar-refractivity contribution in [2.24, 2.45) is 0 Å². The third-order valence-electron chi connectivity index (χ3n) is 3.01. The summed E-state index contributed by atoms with van der Waals surface area (Å²) < 4.78 is 5.48. The van der Waals surface area contributed by atoms with Crippen LogP contribution in [0, 0.1) is 0 Å². The van der Waals surface area contributed by atoms with Crippen molar-refractivity contribution in [2.45, 2.75) is 32.6 Å². The van der Waals surface area contributed by atoms with Gasteiger partial charge in [-0.25, -0.2) is 9.78 Å². The van der Waals surface area contributed by atoms with E-state index in [0.29, 0.717) is 13.0 Å². The van der Waals surface area contributed by atoms with E-state index >= 15 is 0 Å². The highest BCUT2D eigenvalue weighted by Gasteiger charge is 2.20. The van der Waals surface area contributed by atoms with Crippen LogP contribution in [0.1, 0.15) is 41.4 Å². The lowest BCUT2D eigenvalue weighted by Gasteiger charge is -2.10. The van der Waals surface area contributed by atoms with E-state index in [9.17, 15) is 4.79 Å². The Morgan fingerprint density at radius 2 is 2.33 bits per heavy atom. The lowest BCUT2D eigenvalue weighted by Crippen LogP contribution is -2.08. The Morgan fingerprint density at radius 3 is 3.00 bits per heavy atom. The molecule has 1 aliphatic carbocycles. The number of ether oxygens (including phenoxy) is 1. The number of carbonyl (C=O) groups is 1. The van der Waals surface area contributed by atoms with Gasteiger partial charge in [0.15, 0.2) is 0 Å². The van der Waals surface area contributed by atoms with Gasteiger partial charge in [-0.15, -0.1) is 6.58 Å². The largest absolute Gasteiger partial charge is 0.477 e. The van der Waals surface area contributed by atoms with Crippen molar-refractivity contribution in [3.8, 4) is 5.88 Å². The van der Waals surface area contributed by atoms with Crippen molar-refractivity contribution >= 4 is 5.97 Å². The van der Waals surface area contributed by atoms with E-state index in [1.165, 1.54) is 0 Å². The summed E-state index contributed by atoms with van der Waals surface area (Å²) in [5.41, 5.74) is 3.19. The number of fused-ring (bicyclic) bond motifs is 1. The first-order valence-electron chi connectivity index (χ1n) is 6.11. The third kappa shape index (κ3) is 2.70. The predicted molar refractivity (Wildman–Crippen MR) is 68.1 cm³/mol. The van der Waals surface area contributed by atoms with Crippen molar-refractivity contribution < 1.29 is 14.6 Å². The standard InChI is InChI=1S/C14H17NO3/c1-9(2)6-7-18-13-11(14(16)17)8-10-4-3-5-12(10)15-13/h8H,1,3-7H2,2H3,(H,16,17). The highest BCUT2D eigenvalue weighted by Crippen LogP contribution is 2.26. The molecular weight excluding hydrogens is 230 g/mol. The third-order valence-corrected chi connectivity index (χ3v) is 3.01. The molecule has 4 heteroatoms. The fourth-order valence-electron chi connectivity index (χ4n) is 2.04. The molecule has 0 aliphatic heterocycles. The van der Waals surface area contributed by atoms with Crippen LogP contribution in [-0.2, 0) is 12.8 Å². The Kier molecular flexibility index (Phi) is 3.65. The minimum atomic E-state index is -0.984. The summed E-state index contributed by atoms with van der Waals surface area (Å²) in [4.78, 5) is 15.5. The fraction of sp³-hybridized carbons (Fsp3) is 0.429.